The highest BCUT2D eigenvalue weighted by Crippen LogP contribution is 2.10. The zero-order valence-corrected chi connectivity index (χ0v) is 10.4. The number of carbonyl (C=O) groups excluding carboxylic acids is 1. The molecule has 18 heavy (non-hydrogen) atoms. The van der Waals surface area contributed by atoms with Crippen LogP contribution in [0.25, 0.3) is 0 Å². The molecule has 8 nitrogen and oxygen atoms in total. The maximum absolute atomic E-state index is 11.4. The zero-order valence-electron chi connectivity index (χ0n) is 8.78. The number of thiazole rings is 1. The van der Waals surface area contributed by atoms with Crippen LogP contribution >= 0.6 is 22.9 Å². The van der Waals surface area contributed by atoms with Crippen molar-refractivity contribution in [3.8, 4) is 0 Å². The van der Waals surface area contributed by atoms with E-state index in [2.05, 4.69) is 25.2 Å². The second-order valence-corrected chi connectivity index (χ2v) is 4.75. The van der Waals surface area contributed by atoms with Gasteiger partial charge in [0, 0.05) is 16.9 Å². The van der Waals surface area contributed by atoms with E-state index in [0.717, 1.165) is 11.5 Å². The third kappa shape index (κ3) is 3.21. The minimum Gasteiger partial charge on any atom is -0.476 e. The number of carbonyl (C=O) groups is 2. The molecule has 0 unspecified atom stereocenters. The van der Waals surface area contributed by atoms with E-state index in [-0.39, 0.29) is 12.2 Å². The lowest BCUT2D eigenvalue weighted by Crippen LogP contribution is -2.27. The van der Waals surface area contributed by atoms with Crippen molar-refractivity contribution in [3.63, 3.8) is 0 Å². The Hall–Kier alpha value is -2.07. The van der Waals surface area contributed by atoms with Crippen LogP contribution in [0.4, 0.5) is 9.80 Å². The number of rotatable bonds is 4. The quantitative estimate of drug-likeness (QED) is 0.772. The summed E-state index contributed by atoms with van der Waals surface area (Å²) in [6, 6.07) is -0.423. The van der Waals surface area contributed by atoms with Crippen molar-refractivity contribution >= 4 is 39.9 Å². The molecule has 94 valence electrons. The molecule has 0 spiro atoms. The summed E-state index contributed by atoms with van der Waals surface area (Å²) in [7, 11) is 0. The number of nitrogens with one attached hydrogen (secondary N) is 2. The fraction of sp³-hybridized carbons (Fsp3) is 0.125. The average Bonchev–Trinajstić information content (AvgIpc) is 2.96. The van der Waals surface area contributed by atoms with Crippen molar-refractivity contribution < 1.29 is 14.7 Å². The Morgan fingerprint density at radius 2 is 2.28 bits per heavy atom. The highest BCUT2D eigenvalue weighted by atomic mass is 32.1. The molecule has 0 atom stereocenters. The second-order valence-electron chi connectivity index (χ2n) is 3.02. The second kappa shape index (κ2) is 5.51. The van der Waals surface area contributed by atoms with Gasteiger partial charge < -0.3 is 10.4 Å². The van der Waals surface area contributed by atoms with E-state index >= 15 is 0 Å². The van der Waals surface area contributed by atoms with E-state index in [1.807, 2.05) is 0 Å². The summed E-state index contributed by atoms with van der Waals surface area (Å²) in [5.74, 6) is -1.09. The van der Waals surface area contributed by atoms with Crippen LogP contribution in [-0.2, 0) is 6.54 Å². The molecule has 2 amide bonds. The van der Waals surface area contributed by atoms with Gasteiger partial charge in [-0.1, -0.05) is 4.49 Å². The Morgan fingerprint density at radius 3 is 2.89 bits per heavy atom. The van der Waals surface area contributed by atoms with E-state index in [1.165, 1.54) is 22.9 Å². The van der Waals surface area contributed by atoms with Crippen LogP contribution < -0.4 is 10.6 Å². The number of aromatic carboxylic acids is 1. The molecule has 2 aromatic rings. The largest absolute Gasteiger partial charge is 0.476 e. The summed E-state index contributed by atoms with van der Waals surface area (Å²) in [6.45, 7) is 0.163. The summed E-state index contributed by atoms with van der Waals surface area (Å²) < 4.78 is 3.59. The number of nitrogens with zero attached hydrogens (tertiary/aromatic N) is 3. The van der Waals surface area contributed by atoms with Crippen LogP contribution in [0.15, 0.2) is 11.6 Å². The van der Waals surface area contributed by atoms with E-state index in [0.29, 0.717) is 10.0 Å². The third-order valence-electron chi connectivity index (χ3n) is 1.77. The van der Waals surface area contributed by atoms with Crippen LogP contribution in [0.2, 0.25) is 0 Å². The van der Waals surface area contributed by atoms with Gasteiger partial charge in [0.2, 0.25) is 0 Å². The fourth-order valence-corrected chi connectivity index (χ4v) is 2.15. The maximum atomic E-state index is 11.4. The van der Waals surface area contributed by atoms with E-state index in [4.69, 9.17) is 5.11 Å². The van der Waals surface area contributed by atoms with Crippen molar-refractivity contribution in [3.05, 3.63) is 22.3 Å². The van der Waals surface area contributed by atoms with Gasteiger partial charge >= 0.3 is 12.0 Å². The number of hydrogen-bond acceptors (Lipinski definition) is 7. The number of hydrogen-bond donors (Lipinski definition) is 3. The maximum Gasteiger partial charge on any atom is 0.355 e. The lowest BCUT2D eigenvalue weighted by molar-refractivity contribution is 0.0691. The minimum absolute atomic E-state index is 0.0242. The first-order chi connectivity index (χ1) is 8.65. The molecular weight excluding hydrogens is 278 g/mol. The Morgan fingerprint density at radius 1 is 1.44 bits per heavy atom. The summed E-state index contributed by atoms with van der Waals surface area (Å²) >= 11 is 2.23. The Kier molecular flexibility index (Phi) is 3.79. The SMILES string of the molecule is O=C(NCc1nc(C(=O)O)cs1)Nc1cnns1. The van der Waals surface area contributed by atoms with Crippen LogP contribution in [0.5, 0.6) is 0 Å². The molecule has 2 aromatic heterocycles. The summed E-state index contributed by atoms with van der Waals surface area (Å²) in [6.07, 6.45) is 1.43. The first-order valence-corrected chi connectivity index (χ1v) is 6.30. The van der Waals surface area contributed by atoms with E-state index in [1.54, 1.807) is 0 Å². The van der Waals surface area contributed by atoms with Crippen LogP contribution in [0.3, 0.4) is 0 Å². The highest BCUT2D eigenvalue weighted by molar-refractivity contribution is 7.10. The van der Waals surface area contributed by atoms with Crippen LogP contribution in [-0.4, -0.2) is 31.7 Å². The van der Waals surface area contributed by atoms with Gasteiger partial charge in [0.05, 0.1) is 12.7 Å². The van der Waals surface area contributed by atoms with Gasteiger partial charge in [0.15, 0.2) is 5.69 Å². The van der Waals surface area contributed by atoms with Crippen LogP contribution in [0, 0.1) is 0 Å². The Bertz CT molecular complexity index is 553. The fourth-order valence-electron chi connectivity index (χ4n) is 1.02. The predicted octanol–water partition coefficient (Wildman–Crippen LogP) is 1.01. The van der Waals surface area contributed by atoms with Gasteiger partial charge in [0.25, 0.3) is 0 Å². The first kappa shape index (κ1) is 12.4. The summed E-state index contributed by atoms with van der Waals surface area (Å²) in [4.78, 5) is 25.8. The van der Waals surface area contributed by atoms with E-state index < -0.39 is 12.0 Å². The molecule has 0 aliphatic rings. The summed E-state index contributed by atoms with van der Waals surface area (Å²) in [5.41, 5.74) is -0.0242. The van der Waals surface area contributed by atoms with Gasteiger partial charge in [-0.25, -0.2) is 14.6 Å². The molecule has 0 aromatic carbocycles. The van der Waals surface area contributed by atoms with Crippen molar-refractivity contribution in [2.45, 2.75) is 6.54 Å². The Balaban J connectivity index is 1.83. The predicted molar refractivity (Wildman–Crippen MR) is 64.8 cm³/mol. The zero-order chi connectivity index (χ0) is 13.0. The van der Waals surface area contributed by atoms with Gasteiger partial charge in [0.1, 0.15) is 10.0 Å². The normalized spacial score (nSPS) is 10.0. The van der Waals surface area contributed by atoms with Crippen molar-refractivity contribution in [1.29, 1.82) is 0 Å². The lowest BCUT2D eigenvalue weighted by atomic mass is 10.5. The molecule has 0 aliphatic carbocycles. The highest BCUT2D eigenvalue weighted by Gasteiger charge is 2.09. The average molecular weight is 285 g/mol. The Labute approximate surface area is 109 Å². The van der Waals surface area contributed by atoms with Gasteiger partial charge in [-0.2, -0.15) is 0 Å². The minimum atomic E-state index is -1.09. The molecule has 0 saturated carbocycles. The number of amides is 2. The number of anilines is 1. The molecular formula is C8H7N5O3S2. The summed E-state index contributed by atoms with van der Waals surface area (Å²) in [5, 5.41) is 19.8. The molecule has 0 saturated heterocycles. The van der Waals surface area contributed by atoms with Gasteiger partial charge in [-0.3, -0.25) is 5.32 Å². The lowest BCUT2D eigenvalue weighted by Gasteiger charge is -2.02. The third-order valence-corrected chi connectivity index (χ3v) is 3.20. The molecule has 0 radical (unpaired) electrons. The van der Waals surface area contributed by atoms with Crippen LogP contribution in [0.1, 0.15) is 15.5 Å². The molecule has 0 aliphatic heterocycles. The molecule has 3 N–H and O–H groups in total. The van der Waals surface area contributed by atoms with E-state index in [9.17, 15) is 9.59 Å². The molecule has 0 fully saturated rings. The van der Waals surface area contributed by atoms with Gasteiger partial charge in [-0.15, -0.1) is 16.4 Å². The standard InChI is InChI=1S/C8H7N5O3S2/c14-7(15)4-3-17-5(11-4)1-9-8(16)12-6-2-10-13-18-6/h2-3H,1H2,(H,14,15)(H2,9,12,16). The smallest absolute Gasteiger partial charge is 0.355 e. The molecule has 10 heteroatoms. The molecule has 2 rings (SSSR count). The monoisotopic (exact) mass is 285 g/mol. The number of carboxylic acid groups (broad SMARTS) is 1. The number of aromatic nitrogens is 3. The topological polar surface area (TPSA) is 117 Å². The van der Waals surface area contributed by atoms with Crippen molar-refractivity contribution in [2.75, 3.05) is 5.32 Å². The first-order valence-electron chi connectivity index (χ1n) is 4.65. The van der Waals surface area contributed by atoms with Crippen molar-refractivity contribution in [2.24, 2.45) is 0 Å². The number of urea groups is 1. The van der Waals surface area contributed by atoms with Gasteiger partial charge in [-0.05, 0) is 0 Å². The van der Waals surface area contributed by atoms with Crippen molar-refractivity contribution in [1.82, 2.24) is 19.9 Å². The molecule has 2 heterocycles. The molecule has 0 bridgehead atoms. The number of carboxylic acids is 1.